The number of phenols is 1. The molecular formula is C24H30O11. The number of hydrogen-bond acceptors (Lipinski definition) is 11. The van der Waals surface area contributed by atoms with Gasteiger partial charge in [-0.15, -0.1) is 0 Å². The Morgan fingerprint density at radius 2 is 1.80 bits per heavy atom. The smallest absolute Gasteiger partial charge is 0.337 e. The van der Waals surface area contributed by atoms with Crippen LogP contribution in [0.5, 0.6) is 5.75 Å². The number of rotatable bonds is 7. The molecular weight excluding hydrogens is 464 g/mol. The number of phenolic OH excluding ortho intramolecular Hbond substituents is 1. The first kappa shape index (κ1) is 25.5. The molecule has 1 aromatic rings. The van der Waals surface area contributed by atoms with Crippen LogP contribution < -0.4 is 0 Å². The monoisotopic (exact) mass is 494 g/mol. The van der Waals surface area contributed by atoms with Gasteiger partial charge in [-0.25, -0.2) is 4.79 Å². The quantitative estimate of drug-likeness (QED) is 0.306. The molecule has 1 saturated heterocycles. The van der Waals surface area contributed by atoms with Gasteiger partial charge >= 0.3 is 5.97 Å². The highest BCUT2D eigenvalue weighted by atomic mass is 16.8. The molecule has 3 aliphatic rings. The van der Waals surface area contributed by atoms with Crippen molar-refractivity contribution in [2.45, 2.75) is 56.8 Å². The number of ketones is 1. The molecule has 0 amide bonds. The molecule has 0 radical (unpaired) electrons. The van der Waals surface area contributed by atoms with Gasteiger partial charge in [0.25, 0.3) is 0 Å². The standard InChI is InChI=1S/C24H30O11/c1-11-16(27)8-14-15(22(31)32-7-6-12-2-4-13(26)5-3-12)10-33-23(18(11)14)35-24-21(30)20(29)19(28)17(9-25)34-24/h2-5,10-11,14,17-21,23-26,28-30H,6-9H2,1H3/t11-,14+,17+,18+,19+,20+,21-,23-,24+/m0/s1. The van der Waals surface area contributed by atoms with Gasteiger partial charge in [-0.2, -0.15) is 0 Å². The Labute approximate surface area is 201 Å². The zero-order chi connectivity index (χ0) is 25.3. The van der Waals surface area contributed by atoms with Crippen LogP contribution in [0, 0.1) is 17.8 Å². The molecule has 0 aromatic heterocycles. The van der Waals surface area contributed by atoms with Crippen LogP contribution >= 0.6 is 0 Å². The van der Waals surface area contributed by atoms with Crippen LogP contribution in [0.15, 0.2) is 36.1 Å². The van der Waals surface area contributed by atoms with Gasteiger partial charge in [-0.05, 0) is 17.7 Å². The second-order valence-electron chi connectivity index (χ2n) is 9.11. The number of ether oxygens (including phenoxy) is 4. The maximum absolute atomic E-state index is 12.8. The largest absolute Gasteiger partial charge is 0.508 e. The molecule has 35 heavy (non-hydrogen) atoms. The molecule has 0 unspecified atom stereocenters. The first-order valence-corrected chi connectivity index (χ1v) is 11.5. The summed E-state index contributed by atoms with van der Waals surface area (Å²) in [5, 5.41) is 49.0. The lowest BCUT2D eigenvalue weighted by molar-refractivity contribution is -0.342. The van der Waals surface area contributed by atoms with E-state index in [4.69, 9.17) is 18.9 Å². The molecule has 1 aliphatic carbocycles. The van der Waals surface area contributed by atoms with Gasteiger partial charge in [-0.3, -0.25) is 4.79 Å². The number of aliphatic hydroxyl groups is 4. The average molecular weight is 494 g/mol. The molecule has 0 bridgehead atoms. The van der Waals surface area contributed by atoms with E-state index < -0.39 is 67.3 Å². The molecule has 5 N–H and O–H groups in total. The number of aliphatic hydroxyl groups excluding tert-OH is 4. The summed E-state index contributed by atoms with van der Waals surface area (Å²) in [6.45, 7) is 1.17. The lowest BCUT2D eigenvalue weighted by Crippen LogP contribution is -2.60. The van der Waals surface area contributed by atoms with Crippen LogP contribution in [-0.2, 0) is 35.0 Å². The first-order valence-electron chi connectivity index (χ1n) is 11.5. The molecule has 0 spiro atoms. The number of fused-ring (bicyclic) bond motifs is 1. The Kier molecular flexibility index (Phi) is 7.74. The summed E-state index contributed by atoms with van der Waals surface area (Å²) in [5.41, 5.74) is 1.08. The molecule has 4 rings (SSSR count). The Morgan fingerprint density at radius 3 is 2.49 bits per heavy atom. The fourth-order valence-electron chi connectivity index (χ4n) is 4.80. The van der Waals surface area contributed by atoms with E-state index in [0.29, 0.717) is 6.42 Å². The second-order valence-corrected chi connectivity index (χ2v) is 9.11. The van der Waals surface area contributed by atoms with Crippen molar-refractivity contribution in [1.82, 2.24) is 0 Å². The summed E-state index contributed by atoms with van der Waals surface area (Å²) in [4.78, 5) is 25.3. The summed E-state index contributed by atoms with van der Waals surface area (Å²) in [5.74, 6) is -2.21. The van der Waals surface area contributed by atoms with Gasteiger partial charge in [0.1, 0.15) is 35.9 Å². The lowest BCUT2D eigenvalue weighted by atomic mass is 9.83. The van der Waals surface area contributed by atoms with E-state index in [-0.39, 0.29) is 30.1 Å². The van der Waals surface area contributed by atoms with E-state index in [1.54, 1.807) is 31.2 Å². The third kappa shape index (κ3) is 5.20. The van der Waals surface area contributed by atoms with Gasteiger partial charge in [0.15, 0.2) is 6.29 Å². The summed E-state index contributed by atoms with van der Waals surface area (Å²) < 4.78 is 22.2. The molecule has 11 nitrogen and oxygen atoms in total. The molecule has 11 heteroatoms. The van der Waals surface area contributed by atoms with E-state index in [1.165, 1.54) is 6.26 Å². The maximum Gasteiger partial charge on any atom is 0.337 e. The number of esters is 1. The number of aromatic hydroxyl groups is 1. The number of Topliss-reactive ketones (excluding diaryl/α,β-unsaturated/α-hetero) is 1. The molecule has 2 aliphatic heterocycles. The van der Waals surface area contributed by atoms with Crippen LogP contribution in [0.4, 0.5) is 0 Å². The molecule has 1 saturated carbocycles. The van der Waals surface area contributed by atoms with Crippen molar-refractivity contribution in [2.75, 3.05) is 13.2 Å². The maximum atomic E-state index is 12.8. The molecule has 9 atom stereocenters. The van der Waals surface area contributed by atoms with E-state index in [1.807, 2.05) is 0 Å². The SMILES string of the molecule is C[C@H]1C(=O)C[C@@H]2C(C(=O)OCCc3ccc(O)cc3)=CO[C@@H](O[C@H]3O[C@H](CO)[C@@H](O)[C@@H](O)[C@@H]3O)[C@@H]21. The normalized spacial score (nSPS) is 36.8. The number of carbonyl (C=O) groups is 2. The van der Waals surface area contributed by atoms with Crippen molar-refractivity contribution in [3.8, 4) is 5.75 Å². The highest BCUT2D eigenvalue weighted by molar-refractivity contribution is 5.93. The van der Waals surface area contributed by atoms with Crippen LogP contribution in [0.1, 0.15) is 18.9 Å². The number of benzene rings is 1. The highest BCUT2D eigenvalue weighted by Crippen LogP contribution is 2.46. The van der Waals surface area contributed by atoms with Gasteiger partial charge in [0.05, 0.1) is 25.0 Å². The van der Waals surface area contributed by atoms with Crippen molar-refractivity contribution < 1.29 is 54.1 Å². The van der Waals surface area contributed by atoms with E-state index >= 15 is 0 Å². The van der Waals surface area contributed by atoms with Crippen LogP contribution in [0.3, 0.4) is 0 Å². The van der Waals surface area contributed by atoms with Gasteiger partial charge < -0.3 is 44.5 Å². The fourth-order valence-corrected chi connectivity index (χ4v) is 4.80. The van der Waals surface area contributed by atoms with Crippen LogP contribution in [0.2, 0.25) is 0 Å². The average Bonchev–Trinajstić information content (AvgIpc) is 3.15. The van der Waals surface area contributed by atoms with Crippen molar-refractivity contribution in [1.29, 1.82) is 0 Å². The Hall–Kier alpha value is -2.54. The third-order valence-corrected chi connectivity index (χ3v) is 6.93. The predicted octanol–water partition coefficient (Wildman–Crippen LogP) is -0.624. The minimum absolute atomic E-state index is 0.0859. The van der Waals surface area contributed by atoms with Crippen molar-refractivity contribution in [3.05, 3.63) is 41.7 Å². The van der Waals surface area contributed by atoms with Crippen molar-refractivity contribution in [2.24, 2.45) is 17.8 Å². The van der Waals surface area contributed by atoms with Gasteiger partial charge in [-0.1, -0.05) is 19.1 Å². The Morgan fingerprint density at radius 1 is 1.09 bits per heavy atom. The molecule has 192 valence electrons. The van der Waals surface area contributed by atoms with Gasteiger partial charge in [0, 0.05) is 30.6 Å². The first-order chi connectivity index (χ1) is 16.7. The zero-order valence-electron chi connectivity index (χ0n) is 19.1. The summed E-state index contributed by atoms with van der Waals surface area (Å²) in [6.07, 6.45) is -6.76. The van der Waals surface area contributed by atoms with E-state index in [0.717, 1.165) is 5.56 Å². The molecule has 2 heterocycles. The molecule has 1 aromatic carbocycles. The third-order valence-electron chi connectivity index (χ3n) is 6.93. The Bertz CT molecular complexity index is 943. The topological polar surface area (TPSA) is 172 Å². The van der Waals surface area contributed by atoms with E-state index in [9.17, 15) is 35.1 Å². The summed E-state index contributed by atoms with van der Waals surface area (Å²) in [6, 6.07) is 6.53. The number of carbonyl (C=O) groups excluding carboxylic acids is 2. The number of hydrogen-bond donors (Lipinski definition) is 5. The van der Waals surface area contributed by atoms with Crippen LogP contribution in [0.25, 0.3) is 0 Å². The van der Waals surface area contributed by atoms with E-state index in [2.05, 4.69) is 0 Å². The zero-order valence-corrected chi connectivity index (χ0v) is 19.1. The fraction of sp³-hybridized carbons (Fsp3) is 0.583. The minimum atomic E-state index is -1.63. The molecule has 2 fully saturated rings. The summed E-state index contributed by atoms with van der Waals surface area (Å²) in [7, 11) is 0. The minimum Gasteiger partial charge on any atom is -0.508 e. The lowest BCUT2D eigenvalue weighted by Gasteiger charge is -2.42. The second kappa shape index (κ2) is 10.6. The predicted molar refractivity (Wildman–Crippen MR) is 116 cm³/mol. The highest BCUT2D eigenvalue weighted by Gasteiger charge is 2.53. The van der Waals surface area contributed by atoms with Crippen molar-refractivity contribution in [3.63, 3.8) is 0 Å². The van der Waals surface area contributed by atoms with Crippen molar-refractivity contribution >= 4 is 11.8 Å². The van der Waals surface area contributed by atoms with Gasteiger partial charge in [0.2, 0.25) is 6.29 Å². The van der Waals surface area contributed by atoms with Crippen LogP contribution in [-0.4, -0.2) is 87.5 Å². The summed E-state index contributed by atoms with van der Waals surface area (Å²) >= 11 is 0. The Balaban J connectivity index is 1.43.